The Labute approximate surface area is 357 Å². The number of hydrogen-bond acceptors (Lipinski definition) is 14. The monoisotopic (exact) mass is 787 g/mol. The molecule has 0 radical (unpaired) electrons. The number of carbonyl (C=O) groups excluding carboxylic acids is 1. The minimum absolute atomic E-state index is 0. The van der Waals surface area contributed by atoms with Crippen LogP contribution in [-0.4, -0.2) is 71.2 Å². The van der Waals surface area contributed by atoms with Gasteiger partial charge in [-0.25, -0.2) is 26.8 Å². The normalized spacial score (nSPS) is 13.1. The van der Waals surface area contributed by atoms with Gasteiger partial charge < -0.3 is 19.3 Å². The minimum atomic E-state index is -5.18. The molecule has 0 bridgehead atoms. The van der Waals surface area contributed by atoms with Crippen LogP contribution in [0.15, 0.2) is 80.5 Å². The number of benzene rings is 3. The summed E-state index contributed by atoms with van der Waals surface area (Å²) in [5, 5.41) is 29.9. The Kier molecular flexibility index (Phi) is 14.7. The van der Waals surface area contributed by atoms with Crippen molar-refractivity contribution >= 4 is 54.6 Å². The summed E-state index contributed by atoms with van der Waals surface area (Å²) >= 11 is 0. The minimum Gasteiger partial charge on any atom is -0.744 e. The fourth-order valence-corrected chi connectivity index (χ4v) is 6.38. The maximum atomic E-state index is 12.9. The van der Waals surface area contributed by atoms with Crippen LogP contribution in [0.25, 0.3) is 11.4 Å². The van der Waals surface area contributed by atoms with Gasteiger partial charge >= 0.3 is 59.1 Å². The molecular weight excluding hydrogens is 757 g/mol. The van der Waals surface area contributed by atoms with Gasteiger partial charge in [-0.3, -0.25) is 4.79 Å². The molecule has 1 aromatic heterocycles. The number of anilines is 2. The number of aromatic nitrogens is 3. The van der Waals surface area contributed by atoms with E-state index >= 15 is 0 Å². The number of fused-ring (bicyclic) bond motifs is 1. The van der Waals surface area contributed by atoms with E-state index in [0.29, 0.717) is 78.5 Å². The van der Waals surface area contributed by atoms with Crippen LogP contribution in [0.2, 0.25) is 0 Å². The van der Waals surface area contributed by atoms with Crippen LogP contribution < -0.4 is 69.3 Å². The van der Waals surface area contributed by atoms with E-state index in [1.54, 1.807) is 12.1 Å². The summed E-state index contributed by atoms with van der Waals surface area (Å²) in [5.74, 6) is -0.260. The summed E-state index contributed by atoms with van der Waals surface area (Å²) in [6.45, 7) is 8.89. The van der Waals surface area contributed by atoms with E-state index in [-0.39, 0.29) is 64.8 Å². The Morgan fingerprint density at radius 3 is 1.98 bits per heavy atom. The standard InChI is InChI=1S/C34H33N9O7S2.2Na/c1-21-17-25(42(15-5-13-35)16-6-14-36)11-12-28(21)38-29-30(34(2,3)4)40-43-32(29)39-31(41-43)22-7-9-24(10-8-22)37-33(44)23-18-26(51(45,46)47)20-27(19-23)52(48,49)50;;/h7-12,17-20H,5-6,15-16H2,1-4H3,(H,37,44)(H,45,46,47)(H,48,49,50);;/q;2*+1/p-2. The number of nitrogens with one attached hydrogen (secondary N) is 1. The van der Waals surface area contributed by atoms with E-state index in [1.165, 1.54) is 16.9 Å². The van der Waals surface area contributed by atoms with Crippen molar-refractivity contribution in [2.45, 2.75) is 50.3 Å². The van der Waals surface area contributed by atoms with Gasteiger partial charge in [-0.1, -0.05) is 20.8 Å². The molecule has 20 heteroatoms. The summed E-state index contributed by atoms with van der Waals surface area (Å²) in [5.41, 5.74) is 3.42. The van der Waals surface area contributed by atoms with Crippen LogP contribution in [0.3, 0.4) is 0 Å². The Hall–Kier alpha value is -3.79. The molecule has 0 aliphatic carbocycles. The molecule has 0 saturated carbocycles. The van der Waals surface area contributed by atoms with E-state index in [4.69, 9.17) is 25.6 Å². The zero-order valence-corrected chi connectivity index (χ0v) is 36.0. The van der Waals surface area contributed by atoms with Crippen molar-refractivity contribution in [3.05, 3.63) is 77.6 Å². The van der Waals surface area contributed by atoms with E-state index in [1.807, 2.05) is 50.8 Å². The fraction of sp³-hybridized carbons (Fsp3) is 0.265. The third-order valence-corrected chi connectivity index (χ3v) is 9.44. The molecular formula is C34H31N9Na2O7S2. The largest absolute Gasteiger partial charge is 1.00 e. The number of carbonyl (C=O) groups is 1. The number of nitrogens with zero attached hydrogens (tertiary/aromatic N) is 8. The Balaban J connectivity index is 0.00000392. The molecule has 1 N–H and O–H groups in total. The Morgan fingerprint density at radius 1 is 0.907 bits per heavy atom. The number of hydrogen-bond donors (Lipinski definition) is 1. The molecule has 268 valence electrons. The number of rotatable bonds is 11. The van der Waals surface area contributed by atoms with Crippen LogP contribution in [0.4, 0.5) is 17.1 Å². The molecule has 54 heavy (non-hydrogen) atoms. The molecule has 4 aromatic rings. The van der Waals surface area contributed by atoms with Gasteiger partial charge in [0.25, 0.3) is 5.91 Å². The van der Waals surface area contributed by atoms with Crippen molar-refractivity contribution in [1.29, 1.82) is 10.5 Å². The van der Waals surface area contributed by atoms with Crippen molar-refractivity contribution < 1.29 is 89.9 Å². The molecule has 0 spiro atoms. The average molecular weight is 788 g/mol. The van der Waals surface area contributed by atoms with Gasteiger partial charge in [-0.2, -0.15) is 15.6 Å². The second-order valence-electron chi connectivity index (χ2n) is 12.7. The van der Waals surface area contributed by atoms with Gasteiger partial charge in [0.15, 0.2) is 5.82 Å². The van der Waals surface area contributed by atoms with Gasteiger partial charge in [-0.15, -0.1) is 9.89 Å². The van der Waals surface area contributed by atoms with E-state index in [9.17, 15) is 30.7 Å². The van der Waals surface area contributed by atoms with Gasteiger partial charge in [0.2, 0.25) is 5.82 Å². The second-order valence-corrected chi connectivity index (χ2v) is 15.5. The summed E-state index contributed by atoms with van der Waals surface area (Å²) < 4.78 is 69.1. The molecule has 0 atom stereocenters. The van der Waals surface area contributed by atoms with Crippen LogP contribution in [0.5, 0.6) is 0 Å². The molecule has 16 nitrogen and oxygen atoms in total. The third-order valence-electron chi connectivity index (χ3n) is 7.82. The van der Waals surface area contributed by atoms with Gasteiger partial charge in [0.1, 0.15) is 25.9 Å². The van der Waals surface area contributed by atoms with Crippen molar-refractivity contribution in [3.8, 4) is 23.5 Å². The molecule has 3 aromatic carbocycles. The molecule has 5 rings (SSSR count). The second kappa shape index (κ2) is 17.8. The molecule has 0 unspecified atom stereocenters. The predicted octanol–water partition coefficient (Wildman–Crippen LogP) is -1.66. The van der Waals surface area contributed by atoms with Crippen molar-refractivity contribution in [3.63, 3.8) is 0 Å². The predicted molar refractivity (Wildman–Crippen MR) is 188 cm³/mol. The van der Waals surface area contributed by atoms with Gasteiger partial charge in [-0.05, 0) is 73.2 Å². The number of aryl methyl sites for hydroxylation is 1. The number of nitriles is 2. The first-order chi connectivity index (χ1) is 24.4. The Bertz CT molecular complexity index is 2380. The van der Waals surface area contributed by atoms with Crippen molar-refractivity contribution in [2.75, 3.05) is 23.3 Å². The van der Waals surface area contributed by atoms with Crippen LogP contribution in [-0.2, 0) is 20.2 Å². The first kappa shape index (κ1) is 44.6. The zero-order valence-electron chi connectivity index (χ0n) is 30.4. The summed E-state index contributed by atoms with van der Waals surface area (Å²) in [6, 6.07) is 18.0. The fourth-order valence-electron chi connectivity index (χ4n) is 5.22. The van der Waals surface area contributed by atoms with Gasteiger partial charge in [0, 0.05) is 41.0 Å². The molecule has 1 aliphatic heterocycles. The quantitative estimate of drug-likeness (QED) is 0.133. The van der Waals surface area contributed by atoms with E-state index < -0.39 is 46.9 Å². The maximum Gasteiger partial charge on any atom is 1.00 e. The summed E-state index contributed by atoms with van der Waals surface area (Å²) in [7, 11) is -10.4. The molecule has 2 heterocycles. The zero-order chi connectivity index (χ0) is 38.0. The smallest absolute Gasteiger partial charge is 0.744 e. The van der Waals surface area contributed by atoms with Crippen LogP contribution >= 0.6 is 0 Å². The molecule has 0 fully saturated rings. The topological polar surface area (TPSA) is 250 Å². The third kappa shape index (κ3) is 10.5. The summed E-state index contributed by atoms with van der Waals surface area (Å²) in [4.78, 5) is 23.9. The first-order valence-corrected chi connectivity index (χ1v) is 18.4. The first-order valence-electron chi connectivity index (χ1n) is 15.6. The molecule has 1 amide bonds. The van der Waals surface area contributed by atoms with Gasteiger partial charge in [0.05, 0.1) is 46.2 Å². The van der Waals surface area contributed by atoms with Crippen molar-refractivity contribution in [1.82, 2.24) is 14.9 Å². The van der Waals surface area contributed by atoms with E-state index in [2.05, 4.69) is 22.6 Å². The number of aliphatic imine (C=N–C) groups is 1. The SMILES string of the molecule is Cc1cc(N(CCC#N)CCC#N)ccc1N=C1C(C(C)(C)C)=Nn2nc(-c3ccc(NC(=O)c4cc(S(=O)(=O)[O-])cc(S(=O)(=O)[O-])c4)cc3)nc21.[Na+].[Na+]. The molecule has 1 aliphatic rings. The van der Waals surface area contributed by atoms with Crippen LogP contribution in [0, 0.1) is 35.0 Å². The summed E-state index contributed by atoms with van der Waals surface area (Å²) in [6.07, 6.45) is 0.639. The van der Waals surface area contributed by atoms with E-state index in [0.717, 1.165) is 11.3 Å². The van der Waals surface area contributed by atoms with Crippen LogP contribution in [0.1, 0.15) is 55.4 Å². The van der Waals surface area contributed by atoms with Crippen molar-refractivity contribution in [2.24, 2.45) is 15.5 Å². The number of amides is 1. The Morgan fingerprint density at radius 2 is 1.48 bits per heavy atom. The molecule has 0 saturated heterocycles. The average Bonchev–Trinajstić information content (AvgIpc) is 3.64. The maximum absolute atomic E-state index is 12.9.